The molecule has 1 aliphatic heterocycles. The molecule has 41 heavy (non-hydrogen) atoms. The Morgan fingerprint density at radius 1 is 0.951 bits per heavy atom. The van der Waals surface area contributed by atoms with E-state index in [-0.39, 0.29) is 31.4 Å². The molecular formula is C33H37N3O5. The number of hydrogen-bond acceptors (Lipinski definition) is 5. The van der Waals surface area contributed by atoms with Crippen molar-refractivity contribution in [3.8, 4) is 11.1 Å². The van der Waals surface area contributed by atoms with E-state index in [0.29, 0.717) is 19.5 Å². The SMILES string of the molecule is CC(C)CC(NC(=O)OCC1c2ccccc2-c2ccccc21)C(=O)NC1(C(=O)O)CCN(Cc2ccccc2)C1. The van der Waals surface area contributed by atoms with Gasteiger partial charge in [0.1, 0.15) is 12.6 Å². The molecule has 1 heterocycles. The topological polar surface area (TPSA) is 108 Å². The number of benzene rings is 3. The maximum absolute atomic E-state index is 13.5. The number of nitrogens with one attached hydrogen (secondary N) is 2. The zero-order valence-electron chi connectivity index (χ0n) is 23.5. The van der Waals surface area contributed by atoms with Crippen LogP contribution < -0.4 is 10.6 Å². The highest BCUT2D eigenvalue weighted by Crippen LogP contribution is 2.44. The molecule has 1 saturated heterocycles. The Morgan fingerprint density at radius 3 is 2.17 bits per heavy atom. The standard InChI is InChI=1S/C33H37N3O5/c1-22(2)18-29(30(37)35-33(31(38)39)16-17-36(21-33)19-23-10-4-3-5-11-23)34-32(40)41-20-28-26-14-8-6-12-24(26)25-13-7-9-15-27(25)28/h3-15,22,28-29H,16-21H2,1-2H3,(H,34,40)(H,35,37)(H,38,39). The molecule has 2 amide bonds. The van der Waals surface area contributed by atoms with Crippen molar-refractivity contribution in [1.29, 1.82) is 0 Å². The van der Waals surface area contributed by atoms with Gasteiger partial charge in [0.15, 0.2) is 5.54 Å². The predicted molar refractivity (Wildman–Crippen MR) is 156 cm³/mol. The summed E-state index contributed by atoms with van der Waals surface area (Å²) in [6, 6.07) is 25.1. The van der Waals surface area contributed by atoms with E-state index in [4.69, 9.17) is 4.74 Å². The molecule has 1 fully saturated rings. The highest BCUT2D eigenvalue weighted by Gasteiger charge is 2.47. The molecule has 214 valence electrons. The van der Waals surface area contributed by atoms with E-state index in [2.05, 4.69) is 22.8 Å². The van der Waals surface area contributed by atoms with Crippen molar-refractivity contribution in [2.75, 3.05) is 19.7 Å². The summed E-state index contributed by atoms with van der Waals surface area (Å²) in [4.78, 5) is 40.9. The van der Waals surface area contributed by atoms with Gasteiger partial charge in [-0.1, -0.05) is 92.7 Å². The summed E-state index contributed by atoms with van der Waals surface area (Å²) in [5.41, 5.74) is 4.11. The fraction of sp³-hybridized carbons (Fsp3) is 0.364. The number of amides is 2. The molecule has 3 aromatic rings. The van der Waals surface area contributed by atoms with Crippen LogP contribution in [0.25, 0.3) is 11.1 Å². The normalized spacial score (nSPS) is 18.9. The van der Waals surface area contributed by atoms with Crippen LogP contribution in [0.5, 0.6) is 0 Å². The molecule has 8 nitrogen and oxygen atoms in total. The summed E-state index contributed by atoms with van der Waals surface area (Å²) in [6.07, 6.45) is -0.0751. The zero-order chi connectivity index (χ0) is 29.0. The number of ether oxygens (including phenoxy) is 1. The maximum Gasteiger partial charge on any atom is 0.407 e. The van der Waals surface area contributed by atoms with Gasteiger partial charge in [-0.25, -0.2) is 9.59 Å². The van der Waals surface area contributed by atoms with Gasteiger partial charge in [0, 0.05) is 25.6 Å². The van der Waals surface area contributed by atoms with Crippen LogP contribution in [0.2, 0.25) is 0 Å². The second-order valence-electron chi connectivity index (χ2n) is 11.5. The second kappa shape index (κ2) is 12.1. The summed E-state index contributed by atoms with van der Waals surface area (Å²) < 4.78 is 5.67. The molecule has 0 radical (unpaired) electrons. The van der Waals surface area contributed by atoms with E-state index in [1.54, 1.807) is 0 Å². The van der Waals surface area contributed by atoms with Gasteiger partial charge in [-0.3, -0.25) is 9.69 Å². The minimum atomic E-state index is -1.43. The third-order valence-corrected chi connectivity index (χ3v) is 8.03. The first-order valence-corrected chi connectivity index (χ1v) is 14.2. The number of carboxylic acids is 1. The Kier molecular flexibility index (Phi) is 8.40. The average Bonchev–Trinajstić information content (AvgIpc) is 3.51. The van der Waals surface area contributed by atoms with E-state index in [0.717, 1.165) is 27.8 Å². The van der Waals surface area contributed by atoms with Crippen molar-refractivity contribution in [1.82, 2.24) is 15.5 Å². The van der Waals surface area contributed by atoms with Crippen LogP contribution in [0, 0.1) is 5.92 Å². The number of carbonyl (C=O) groups is 3. The van der Waals surface area contributed by atoms with Crippen LogP contribution in [0.15, 0.2) is 78.9 Å². The first-order chi connectivity index (χ1) is 19.8. The number of alkyl carbamates (subject to hydrolysis) is 1. The van der Waals surface area contributed by atoms with Gasteiger partial charge in [0.2, 0.25) is 5.91 Å². The van der Waals surface area contributed by atoms with Gasteiger partial charge in [-0.2, -0.15) is 0 Å². The molecule has 3 N–H and O–H groups in total. The van der Waals surface area contributed by atoms with Crippen molar-refractivity contribution in [3.05, 3.63) is 95.6 Å². The third-order valence-electron chi connectivity index (χ3n) is 8.03. The van der Waals surface area contributed by atoms with E-state index < -0.39 is 29.6 Å². The lowest BCUT2D eigenvalue weighted by atomic mass is 9.96. The van der Waals surface area contributed by atoms with Crippen LogP contribution in [0.4, 0.5) is 4.79 Å². The van der Waals surface area contributed by atoms with Crippen LogP contribution in [-0.4, -0.2) is 59.3 Å². The van der Waals surface area contributed by atoms with Crippen molar-refractivity contribution in [2.24, 2.45) is 5.92 Å². The third kappa shape index (κ3) is 6.28. The Labute approximate surface area is 240 Å². The highest BCUT2D eigenvalue weighted by atomic mass is 16.5. The Hall–Kier alpha value is -4.17. The number of likely N-dealkylation sites (tertiary alicyclic amines) is 1. The predicted octanol–water partition coefficient (Wildman–Crippen LogP) is 4.79. The zero-order valence-corrected chi connectivity index (χ0v) is 23.5. The summed E-state index contributed by atoms with van der Waals surface area (Å²) in [7, 11) is 0. The lowest BCUT2D eigenvalue weighted by molar-refractivity contribution is -0.147. The molecule has 3 aromatic carbocycles. The Balaban J connectivity index is 1.23. The van der Waals surface area contributed by atoms with E-state index in [1.807, 2.05) is 85.5 Å². The van der Waals surface area contributed by atoms with Crippen LogP contribution in [0.3, 0.4) is 0 Å². The van der Waals surface area contributed by atoms with Gasteiger partial charge < -0.3 is 20.5 Å². The molecule has 0 spiro atoms. The molecule has 0 aromatic heterocycles. The highest BCUT2D eigenvalue weighted by molar-refractivity contribution is 5.91. The van der Waals surface area contributed by atoms with Gasteiger partial charge in [-0.05, 0) is 46.6 Å². The Bertz CT molecular complexity index is 1360. The number of rotatable bonds is 10. The van der Waals surface area contributed by atoms with Crippen LogP contribution >= 0.6 is 0 Å². The molecular weight excluding hydrogens is 518 g/mol. The number of carboxylic acid groups (broad SMARTS) is 1. The summed E-state index contributed by atoms with van der Waals surface area (Å²) in [6.45, 7) is 5.34. The van der Waals surface area contributed by atoms with E-state index in [1.165, 1.54) is 0 Å². The number of aliphatic carboxylic acids is 1. The molecule has 0 bridgehead atoms. The van der Waals surface area contributed by atoms with Crippen molar-refractivity contribution in [3.63, 3.8) is 0 Å². The van der Waals surface area contributed by atoms with Gasteiger partial charge in [0.25, 0.3) is 0 Å². The van der Waals surface area contributed by atoms with Gasteiger partial charge in [-0.15, -0.1) is 0 Å². The number of nitrogens with zero attached hydrogens (tertiary/aromatic N) is 1. The monoisotopic (exact) mass is 555 g/mol. The van der Waals surface area contributed by atoms with Gasteiger partial charge >= 0.3 is 12.1 Å². The van der Waals surface area contributed by atoms with Crippen LogP contribution in [0.1, 0.15) is 49.3 Å². The average molecular weight is 556 g/mol. The fourth-order valence-electron chi connectivity index (χ4n) is 6.00. The second-order valence-corrected chi connectivity index (χ2v) is 11.5. The first-order valence-electron chi connectivity index (χ1n) is 14.2. The number of fused-ring (bicyclic) bond motifs is 3. The molecule has 1 aliphatic carbocycles. The fourth-order valence-corrected chi connectivity index (χ4v) is 6.00. The van der Waals surface area contributed by atoms with Crippen molar-refractivity contribution >= 4 is 18.0 Å². The van der Waals surface area contributed by atoms with Crippen molar-refractivity contribution in [2.45, 2.75) is 50.7 Å². The lowest BCUT2D eigenvalue weighted by Crippen LogP contribution is -2.60. The molecule has 2 aliphatic rings. The number of carbonyl (C=O) groups excluding carboxylic acids is 2. The Morgan fingerprint density at radius 2 is 1.56 bits per heavy atom. The minimum Gasteiger partial charge on any atom is -0.479 e. The van der Waals surface area contributed by atoms with E-state index >= 15 is 0 Å². The summed E-state index contributed by atoms with van der Waals surface area (Å²) >= 11 is 0. The first kappa shape index (κ1) is 28.4. The maximum atomic E-state index is 13.5. The van der Waals surface area contributed by atoms with E-state index in [9.17, 15) is 19.5 Å². The van der Waals surface area contributed by atoms with Crippen molar-refractivity contribution < 1.29 is 24.2 Å². The quantitative estimate of drug-likeness (QED) is 0.332. The van der Waals surface area contributed by atoms with Gasteiger partial charge in [0.05, 0.1) is 0 Å². The van der Waals surface area contributed by atoms with Crippen LogP contribution in [-0.2, 0) is 20.9 Å². The number of hydrogen-bond donors (Lipinski definition) is 3. The molecule has 2 atom stereocenters. The molecule has 5 rings (SSSR count). The summed E-state index contributed by atoms with van der Waals surface area (Å²) in [5.74, 6) is -1.62. The molecule has 8 heteroatoms. The largest absolute Gasteiger partial charge is 0.479 e. The summed E-state index contributed by atoms with van der Waals surface area (Å²) in [5, 5.41) is 15.7. The molecule has 2 unspecified atom stereocenters. The molecule has 0 saturated carbocycles. The smallest absolute Gasteiger partial charge is 0.407 e. The lowest BCUT2D eigenvalue weighted by Gasteiger charge is -2.29. The minimum absolute atomic E-state index is 0.0820.